The maximum Gasteiger partial charge on any atom is 0.223 e. The average molecular weight is 369 g/mol. The Morgan fingerprint density at radius 1 is 1.19 bits per heavy atom. The van der Waals surface area contributed by atoms with Crippen LogP contribution in [0.1, 0.15) is 12.8 Å². The van der Waals surface area contributed by atoms with Gasteiger partial charge in [0, 0.05) is 48.7 Å². The summed E-state index contributed by atoms with van der Waals surface area (Å²) >= 11 is 1.53. The van der Waals surface area contributed by atoms with Crippen molar-refractivity contribution in [3.8, 4) is 11.3 Å². The summed E-state index contributed by atoms with van der Waals surface area (Å²) in [5, 5.41) is 7.09. The van der Waals surface area contributed by atoms with Crippen LogP contribution in [-0.4, -0.2) is 34.6 Å². The van der Waals surface area contributed by atoms with Crippen LogP contribution >= 0.6 is 11.3 Å². The van der Waals surface area contributed by atoms with Crippen LogP contribution in [-0.2, 0) is 0 Å². The molecular weight excluding hydrogens is 349 g/mol. The molecule has 4 heterocycles. The lowest BCUT2D eigenvalue weighted by Gasteiger charge is -2.33. The molecule has 0 spiro atoms. The lowest BCUT2D eigenvalue weighted by atomic mass is 9.96. The highest BCUT2D eigenvalue weighted by atomic mass is 32.1. The molecule has 3 aromatic rings. The number of aromatic nitrogens is 3. The molecule has 0 radical (unpaired) electrons. The third kappa shape index (κ3) is 3.83. The SMILES string of the molecule is Fc1cnc(NCC2CCN(c3ccncc3)CC2)nc1-c1ccsc1. The monoisotopic (exact) mass is 369 g/mol. The lowest BCUT2D eigenvalue weighted by molar-refractivity contribution is 0.422. The maximum absolute atomic E-state index is 14.0. The second kappa shape index (κ2) is 7.78. The van der Waals surface area contributed by atoms with Crippen LogP contribution in [0.4, 0.5) is 16.0 Å². The van der Waals surface area contributed by atoms with Crippen LogP contribution in [0, 0.1) is 11.7 Å². The van der Waals surface area contributed by atoms with E-state index in [1.165, 1.54) is 23.2 Å². The predicted molar refractivity (Wildman–Crippen MR) is 103 cm³/mol. The molecular formula is C19H20FN5S. The number of hydrogen-bond acceptors (Lipinski definition) is 6. The van der Waals surface area contributed by atoms with Crippen molar-refractivity contribution in [2.75, 3.05) is 29.9 Å². The zero-order chi connectivity index (χ0) is 17.8. The zero-order valence-corrected chi connectivity index (χ0v) is 15.1. The van der Waals surface area contributed by atoms with E-state index in [0.717, 1.165) is 38.0 Å². The first-order valence-electron chi connectivity index (χ1n) is 8.73. The summed E-state index contributed by atoms with van der Waals surface area (Å²) in [5.74, 6) is 0.662. The summed E-state index contributed by atoms with van der Waals surface area (Å²) in [6.45, 7) is 2.86. The van der Waals surface area contributed by atoms with Crippen molar-refractivity contribution in [1.29, 1.82) is 0 Å². The molecule has 0 unspecified atom stereocenters. The first kappa shape index (κ1) is 16.9. The normalized spacial score (nSPS) is 15.2. The lowest BCUT2D eigenvalue weighted by Crippen LogP contribution is -2.35. The number of pyridine rings is 1. The number of halogens is 1. The van der Waals surface area contributed by atoms with Gasteiger partial charge in [0.2, 0.25) is 5.95 Å². The molecule has 0 aromatic carbocycles. The molecule has 4 rings (SSSR count). The number of thiophene rings is 1. The van der Waals surface area contributed by atoms with Gasteiger partial charge in [0.25, 0.3) is 0 Å². The van der Waals surface area contributed by atoms with Crippen molar-refractivity contribution < 1.29 is 4.39 Å². The van der Waals surface area contributed by atoms with E-state index in [2.05, 4.69) is 37.3 Å². The van der Waals surface area contributed by atoms with E-state index < -0.39 is 0 Å². The molecule has 1 saturated heterocycles. The molecule has 1 aliphatic rings. The Labute approximate surface area is 156 Å². The molecule has 0 amide bonds. The minimum absolute atomic E-state index is 0.358. The van der Waals surface area contributed by atoms with E-state index in [1.54, 1.807) is 0 Å². The van der Waals surface area contributed by atoms with Crippen LogP contribution in [0.3, 0.4) is 0 Å². The molecule has 7 heteroatoms. The Hall–Kier alpha value is -2.54. The van der Waals surface area contributed by atoms with Crippen LogP contribution < -0.4 is 10.2 Å². The Morgan fingerprint density at radius 3 is 2.73 bits per heavy atom. The number of anilines is 2. The van der Waals surface area contributed by atoms with Crippen molar-refractivity contribution in [2.24, 2.45) is 5.92 Å². The second-order valence-corrected chi connectivity index (χ2v) is 7.20. The van der Waals surface area contributed by atoms with Crippen molar-refractivity contribution in [3.63, 3.8) is 0 Å². The van der Waals surface area contributed by atoms with Crippen molar-refractivity contribution >= 4 is 23.0 Å². The van der Waals surface area contributed by atoms with Gasteiger partial charge in [0.05, 0.1) is 6.20 Å². The summed E-state index contributed by atoms with van der Waals surface area (Å²) in [7, 11) is 0. The number of nitrogens with one attached hydrogen (secondary N) is 1. The van der Waals surface area contributed by atoms with Gasteiger partial charge in [-0.3, -0.25) is 4.98 Å². The molecule has 5 nitrogen and oxygen atoms in total. The molecule has 0 atom stereocenters. The van der Waals surface area contributed by atoms with E-state index in [9.17, 15) is 4.39 Å². The van der Waals surface area contributed by atoms with Gasteiger partial charge in [-0.25, -0.2) is 14.4 Å². The first-order valence-corrected chi connectivity index (χ1v) is 9.68. The Balaban J connectivity index is 1.33. The second-order valence-electron chi connectivity index (χ2n) is 6.42. The number of rotatable bonds is 5. The predicted octanol–water partition coefficient (Wildman–Crippen LogP) is 4.07. The highest BCUT2D eigenvalue weighted by Gasteiger charge is 2.20. The van der Waals surface area contributed by atoms with Crippen LogP contribution in [0.15, 0.2) is 47.5 Å². The van der Waals surface area contributed by atoms with E-state index in [-0.39, 0.29) is 5.82 Å². The van der Waals surface area contributed by atoms with E-state index in [0.29, 0.717) is 17.6 Å². The van der Waals surface area contributed by atoms with Gasteiger partial charge in [-0.05, 0) is 42.3 Å². The Morgan fingerprint density at radius 2 is 2.00 bits per heavy atom. The van der Waals surface area contributed by atoms with Gasteiger partial charge >= 0.3 is 0 Å². The fourth-order valence-electron chi connectivity index (χ4n) is 3.24. The van der Waals surface area contributed by atoms with Gasteiger partial charge < -0.3 is 10.2 Å². The molecule has 1 aliphatic heterocycles. The fourth-order valence-corrected chi connectivity index (χ4v) is 3.88. The third-order valence-corrected chi connectivity index (χ3v) is 5.41. The smallest absolute Gasteiger partial charge is 0.223 e. The zero-order valence-electron chi connectivity index (χ0n) is 14.3. The highest BCUT2D eigenvalue weighted by molar-refractivity contribution is 7.08. The topological polar surface area (TPSA) is 53.9 Å². The number of piperidine rings is 1. The molecule has 0 aliphatic carbocycles. The van der Waals surface area contributed by atoms with Gasteiger partial charge in [0.1, 0.15) is 5.69 Å². The van der Waals surface area contributed by atoms with Gasteiger partial charge in [-0.1, -0.05) is 0 Å². The van der Waals surface area contributed by atoms with E-state index >= 15 is 0 Å². The average Bonchev–Trinajstić information content (AvgIpc) is 3.23. The quantitative estimate of drug-likeness (QED) is 0.735. The molecule has 1 N–H and O–H groups in total. The van der Waals surface area contributed by atoms with Crippen molar-refractivity contribution in [3.05, 3.63) is 53.4 Å². The Kier molecular flexibility index (Phi) is 5.06. The van der Waals surface area contributed by atoms with Crippen molar-refractivity contribution in [2.45, 2.75) is 12.8 Å². The third-order valence-electron chi connectivity index (χ3n) is 4.73. The molecule has 134 valence electrons. The first-order chi connectivity index (χ1) is 12.8. The molecule has 0 saturated carbocycles. The molecule has 1 fully saturated rings. The Bertz CT molecular complexity index is 832. The van der Waals surface area contributed by atoms with Crippen LogP contribution in [0.2, 0.25) is 0 Å². The molecule has 26 heavy (non-hydrogen) atoms. The van der Waals surface area contributed by atoms with Crippen molar-refractivity contribution in [1.82, 2.24) is 15.0 Å². The summed E-state index contributed by atoms with van der Waals surface area (Å²) < 4.78 is 14.0. The molecule has 0 bridgehead atoms. The molecule has 3 aromatic heterocycles. The summed E-state index contributed by atoms with van der Waals surface area (Å²) in [5.41, 5.74) is 2.38. The minimum atomic E-state index is -0.389. The van der Waals surface area contributed by atoms with E-state index in [4.69, 9.17) is 0 Å². The minimum Gasteiger partial charge on any atom is -0.371 e. The maximum atomic E-state index is 14.0. The van der Waals surface area contributed by atoms with Gasteiger partial charge in [-0.15, -0.1) is 0 Å². The van der Waals surface area contributed by atoms with Crippen LogP contribution in [0.25, 0.3) is 11.3 Å². The summed E-state index contributed by atoms with van der Waals surface area (Å²) in [6.07, 6.45) is 7.12. The fraction of sp³-hybridized carbons (Fsp3) is 0.316. The van der Waals surface area contributed by atoms with Gasteiger partial charge in [0.15, 0.2) is 5.82 Å². The highest BCUT2D eigenvalue weighted by Crippen LogP contribution is 2.25. The van der Waals surface area contributed by atoms with E-state index in [1.807, 2.05) is 29.2 Å². The summed E-state index contributed by atoms with van der Waals surface area (Å²) in [4.78, 5) is 14.9. The number of nitrogens with zero attached hydrogens (tertiary/aromatic N) is 4. The number of hydrogen-bond donors (Lipinski definition) is 1. The standard InChI is InChI=1S/C19H20FN5S/c20-17-12-23-19(24-18(17)15-5-10-26-13-15)22-11-14-3-8-25(9-4-14)16-1-6-21-7-2-16/h1-2,5-7,10,12-14H,3-4,8-9,11H2,(H,22,23,24). The van der Waals surface area contributed by atoms with Gasteiger partial charge in [-0.2, -0.15) is 11.3 Å². The summed E-state index contributed by atoms with van der Waals surface area (Å²) in [6, 6.07) is 5.97. The van der Waals surface area contributed by atoms with Crippen LogP contribution in [0.5, 0.6) is 0 Å². The largest absolute Gasteiger partial charge is 0.371 e.